The van der Waals surface area contributed by atoms with E-state index in [0.29, 0.717) is 35.1 Å². The molecule has 0 saturated carbocycles. The Morgan fingerprint density at radius 1 is 1.15 bits per heavy atom. The number of hydrogen-bond donors (Lipinski definition) is 2. The van der Waals surface area contributed by atoms with Crippen molar-refractivity contribution in [3.8, 4) is 11.5 Å². The molecule has 20 heavy (non-hydrogen) atoms. The fourth-order valence-electron chi connectivity index (χ4n) is 2.14. The highest BCUT2D eigenvalue weighted by Gasteiger charge is 2.17. The van der Waals surface area contributed by atoms with Crippen LogP contribution >= 0.6 is 11.6 Å². The fraction of sp³-hybridized carbons (Fsp3) is 0.133. The van der Waals surface area contributed by atoms with E-state index in [1.165, 1.54) is 0 Å². The molecular weight excluding hydrogens is 276 g/mol. The molecule has 1 aliphatic heterocycles. The molecule has 3 rings (SSSR count). The highest BCUT2D eigenvalue weighted by molar-refractivity contribution is 6.30. The molecule has 1 aliphatic rings. The van der Waals surface area contributed by atoms with Gasteiger partial charge in [-0.15, -0.1) is 0 Å². The van der Waals surface area contributed by atoms with Crippen molar-refractivity contribution in [1.82, 2.24) is 0 Å². The summed E-state index contributed by atoms with van der Waals surface area (Å²) < 4.78 is 5.76. The fourth-order valence-corrected chi connectivity index (χ4v) is 2.27. The Morgan fingerprint density at radius 2 is 1.90 bits per heavy atom. The molecule has 3 N–H and O–H groups in total. The average molecular weight is 289 g/mol. The summed E-state index contributed by atoms with van der Waals surface area (Å²) in [5.41, 5.74) is 8.25. The second kappa shape index (κ2) is 5.06. The first-order valence-corrected chi connectivity index (χ1v) is 6.65. The first-order valence-electron chi connectivity index (χ1n) is 6.27. The largest absolute Gasteiger partial charge is 0.455 e. The normalized spacial score (nSPS) is 13.6. The minimum Gasteiger partial charge on any atom is -0.455 e. The lowest BCUT2D eigenvalue weighted by atomic mass is 10.0. The Bertz CT molecular complexity index is 668. The summed E-state index contributed by atoms with van der Waals surface area (Å²) in [5.74, 6) is 1.27. The van der Waals surface area contributed by atoms with Crippen molar-refractivity contribution in [3.63, 3.8) is 0 Å². The summed E-state index contributed by atoms with van der Waals surface area (Å²) in [7, 11) is 0. The second-order valence-electron chi connectivity index (χ2n) is 4.65. The number of benzene rings is 2. The lowest BCUT2D eigenvalue weighted by Crippen LogP contribution is -2.19. The van der Waals surface area contributed by atoms with Gasteiger partial charge in [-0.1, -0.05) is 11.6 Å². The molecule has 2 aromatic carbocycles. The molecule has 0 atom stereocenters. The number of fused-ring (bicyclic) bond motifs is 1. The minimum absolute atomic E-state index is 0.0169. The molecule has 1 amide bonds. The Balaban J connectivity index is 1.90. The van der Waals surface area contributed by atoms with Gasteiger partial charge >= 0.3 is 0 Å². The first-order chi connectivity index (χ1) is 9.61. The van der Waals surface area contributed by atoms with Gasteiger partial charge in [0.2, 0.25) is 5.91 Å². The minimum atomic E-state index is 0.0169. The molecule has 0 radical (unpaired) electrons. The molecule has 5 heteroatoms. The number of halogens is 1. The first kappa shape index (κ1) is 12.8. The Kier molecular flexibility index (Phi) is 3.24. The number of anilines is 2. The highest BCUT2D eigenvalue weighted by Crippen LogP contribution is 2.35. The van der Waals surface area contributed by atoms with Gasteiger partial charge in [-0.05, 0) is 48.4 Å². The van der Waals surface area contributed by atoms with Crippen molar-refractivity contribution < 1.29 is 9.53 Å². The standard InChI is InChI=1S/C15H13ClN2O2/c16-10-2-4-11(5-3-10)20-14-7-9-1-6-15(19)18-13(9)8-12(14)17/h2-5,7-8H,1,6,17H2,(H,18,19). The van der Waals surface area contributed by atoms with Crippen LogP contribution in [0.3, 0.4) is 0 Å². The van der Waals surface area contributed by atoms with E-state index < -0.39 is 0 Å². The summed E-state index contributed by atoms with van der Waals surface area (Å²) >= 11 is 5.83. The Morgan fingerprint density at radius 3 is 2.65 bits per heavy atom. The van der Waals surface area contributed by atoms with Crippen molar-refractivity contribution in [3.05, 3.63) is 47.0 Å². The average Bonchev–Trinajstić information content (AvgIpc) is 2.42. The van der Waals surface area contributed by atoms with Crippen LogP contribution in [-0.4, -0.2) is 5.91 Å². The molecule has 1 heterocycles. The monoisotopic (exact) mass is 288 g/mol. The van der Waals surface area contributed by atoms with Crippen LogP contribution in [0.2, 0.25) is 5.02 Å². The molecule has 102 valence electrons. The van der Waals surface area contributed by atoms with Crippen LogP contribution < -0.4 is 15.8 Å². The quantitative estimate of drug-likeness (QED) is 0.830. The van der Waals surface area contributed by atoms with E-state index in [9.17, 15) is 4.79 Å². The molecule has 0 aromatic heterocycles. The molecule has 0 saturated heterocycles. The van der Waals surface area contributed by atoms with Gasteiger partial charge < -0.3 is 15.8 Å². The van der Waals surface area contributed by atoms with Gasteiger partial charge in [0.15, 0.2) is 5.75 Å². The SMILES string of the molecule is Nc1cc2c(cc1Oc1ccc(Cl)cc1)CCC(=O)N2. The number of aryl methyl sites for hydroxylation is 1. The van der Waals surface area contributed by atoms with Crippen LogP contribution in [0.25, 0.3) is 0 Å². The third-order valence-electron chi connectivity index (χ3n) is 3.17. The van der Waals surface area contributed by atoms with Crippen LogP contribution in [0.4, 0.5) is 11.4 Å². The van der Waals surface area contributed by atoms with E-state index in [2.05, 4.69) is 5.32 Å². The van der Waals surface area contributed by atoms with Gasteiger partial charge in [0.1, 0.15) is 5.75 Å². The van der Waals surface area contributed by atoms with E-state index >= 15 is 0 Å². The molecule has 0 unspecified atom stereocenters. The van der Waals surface area contributed by atoms with Crippen molar-refractivity contribution >= 4 is 28.9 Å². The van der Waals surface area contributed by atoms with E-state index in [1.807, 2.05) is 6.07 Å². The van der Waals surface area contributed by atoms with Gasteiger partial charge in [-0.2, -0.15) is 0 Å². The van der Waals surface area contributed by atoms with Gasteiger partial charge in [0.25, 0.3) is 0 Å². The smallest absolute Gasteiger partial charge is 0.224 e. The van der Waals surface area contributed by atoms with Crippen LogP contribution in [0.1, 0.15) is 12.0 Å². The maximum absolute atomic E-state index is 11.3. The summed E-state index contributed by atoms with van der Waals surface area (Å²) in [6.07, 6.45) is 1.18. The van der Waals surface area contributed by atoms with E-state index in [-0.39, 0.29) is 5.91 Å². The lowest BCUT2D eigenvalue weighted by Gasteiger charge is -2.19. The zero-order valence-corrected chi connectivity index (χ0v) is 11.4. The Hall–Kier alpha value is -2.20. The van der Waals surface area contributed by atoms with Crippen molar-refractivity contribution in [2.45, 2.75) is 12.8 Å². The third-order valence-corrected chi connectivity index (χ3v) is 3.42. The topological polar surface area (TPSA) is 64.3 Å². The number of nitrogens with one attached hydrogen (secondary N) is 1. The maximum Gasteiger partial charge on any atom is 0.224 e. The highest BCUT2D eigenvalue weighted by atomic mass is 35.5. The maximum atomic E-state index is 11.3. The summed E-state index contributed by atoms with van der Waals surface area (Å²) in [5, 5.41) is 3.46. The Labute approximate surface area is 121 Å². The van der Waals surface area contributed by atoms with Crippen LogP contribution in [0.15, 0.2) is 36.4 Å². The summed E-state index contributed by atoms with van der Waals surface area (Å²) in [6.45, 7) is 0. The number of rotatable bonds is 2. The van der Waals surface area contributed by atoms with Gasteiger partial charge in [0, 0.05) is 17.1 Å². The second-order valence-corrected chi connectivity index (χ2v) is 5.09. The lowest BCUT2D eigenvalue weighted by molar-refractivity contribution is -0.116. The van der Waals surface area contributed by atoms with Crippen LogP contribution in [0.5, 0.6) is 11.5 Å². The molecule has 4 nitrogen and oxygen atoms in total. The van der Waals surface area contributed by atoms with Crippen LogP contribution in [0, 0.1) is 0 Å². The van der Waals surface area contributed by atoms with E-state index in [1.54, 1.807) is 30.3 Å². The number of nitrogen functional groups attached to an aromatic ring is 1. The van der Waals surface area contributed by atoms with Crippen LogP contribution in [-0.2, 0) is 11.2 Å². The van der Waals surface area contributed by atoms with E-state index in [0.717, 1.165) is 11.3 Å². The number of carbonyl (C=O) groups excluding carboxylic acids is 1. The summed E-state index contributed by atoms with van der Waals surface area (Å²) in [6, 6.07) is 10.7. The number of nitrogens with two attached hydrogens (primary N) is 1. The predicted octanol–water partition coefficient (Wildman–Crippen LogP) is 3.60. The molecular formula is C15H13ClN2O2. The number of ether oxygens (including phenoxy) is 1. The zero-order valence-electron chi connectivity index (χ0n) is 10.7. The van der Waals surface area contributed by atoms with E-state index in [4.69, 9.17) is 22.1 Å². The van der Waals surface area contributed by atoms with Crippen molar-refractivity contribution in [2.75, 3.05) is 11.1 Å². The molecule has 0 spiro atoms. The third kappa shape index (κ3) is 2.56. The number of amides is 1. The number of hydrogen-bond acceptors (Lipinski definition) is 3. The van der Waals surface area contributed by atoms with Gasteiger partial charge in [0.05, 0.1) is 5.69 Å². The predicted molar refractivity (Wildman–Crippen MR) is 79.3 cm³/mol. The molecule has 0 fully saturated rings. The van der Waals surface area contributed by atoms with Crippen molar-refractivity contribution in [2.24, 2.45) is 0 Å². The van der Waals surface area contributed by atoms with Gasteiger partial charge in [-0.3, -0.25) is 4.79 Å². The van der Waals surface area contributed by atoms with Crippen molar-refractivity contribution in [1.29, 1.82) is 0 Å². The summed E-state index contributed by atoms with van der Waals surface area (Å²) in [4.78, 5) is 11.3. The molecule has 2 aromatic rings. The number of carbonyl (C=O) groups is 1. The molecule has 0 aliphatic carbocycles. The molecule has 0 bridgehead atoms. The van der Waals surface area contributed by atoms with Gasteiger partial charge in [-0.25, -0.2) is 0 Å². The zero-order chi connectivity index (χ0) is 14.1.